The summed E-state index contributed by atoms with van der Waals surface area (Å²) in [5.74, 6) is 0.625. The van der Waals surface area contributed by atoms with Gasteiger partial charge in [-0.15, -0.1) is 23.5 Å². The molecule has 2 aliphatic rings. The maximum atomic E-state index is 13.2. The number of rotatable bonds is 4. The Balaban J connectivity index is 1.41. The van der Waals surface area contributed by atoms with Crippen LogP contribution in [0.25, 0.3) is 0 Å². The number of nitrogens with zero attached hydrogens (tertiary/aromatic N) is 3. The largest absolute Gasteiger partial charge is 0.324 e. The Kier molecular flexibility index (Phi) is 6.61. The van der Waals surface area contributed by atoms with Gasteiger partial charge >= 0.3 is 6.03 Å². The van der Waals surface area contributed by atoms with E-state index in [9.17, 15) is 19.7 Å². The first-order valence-electron chi connectivity index (χ1n) is 10.3. The van der Waals surface area contributed by atoms with Crippen LogP contribution in [-0.4, -0.2) is 63.2 Å². The number of hydrogen-bond donors (Lipinski definition) is 1. The molecule has 2 aromatic carbocycles. The Morgan fingerprint density at radius 2 is 1.84 bits per heavy atom. The third-order valence-corrected chi connectivity index (χ3v) is 8.20. The molecule has 3 amide bonds. The first kappa shape index (κ1) is 22.5. The van der Waals surface area contributed by atoms with Crippen molar-refractivity contribution in [1.29, 1.82) is 0 Å². The molecule has 8 nitrogen and oxygen atoms in total. The molecule has 2 heterocycles. The highest BCUT2D eigenvalue weighted by Crippen LogP contribution is 2.44. The van der Waals surface area contributed by atoms with Crippen molar-refractivity contribution >= 4 is 46.8 Å². The van der Waals surface area contributed by atoms with Gasteiger partial charge in [0.25, 0.3) is 11.6 Å². The Morgan fingerprint density at radius 1 is 1.12 bits per heavy atom. The van der Waals surface area contributed by atoms with Crippen LogP contribution in [0.1, 0.15) is 23.2 Å². The van der Waals surface area contributed by atoms with Gasteiger partial charge in [-0.05, 0) is 49.4 Å². The highest BCUT2D eigenvalue weighted by Gasteiger charge is 2.47. The van der Waals surface area contributed by atoms with Crippen LogP contribution in [0.4, 0.5) is 16.2 Å². The van der Waals surface area contributed by atoms with Gasteiger partial charge < -0.3 is 15.1 Å². The smallest absolute Gasteiger partial charge is 0.321 e. The van der Waals surface area contributed by atoms with E-state index < -0.39 is 4.92 Å². The summed E-state index contributed by atoms with van der Waals surface area (Å²) in [6.07, 6.45) is 3.33. The van der Waals surface area contributed by atoms with Crippen molar-refractivity contribution in [1.82, 2.24) is 9.80 Å². The van der Waals surface area contributed by atoms with Gasteiger partial charge in [0, 0.05) is 53.7 Å². The Labute approximate surface area is 194 Å². The fourth-order valence-electron chi connectivity index (χ4n) is 4.15. The third-order valence-electron chi connectivity index (χ3n) is 5.90. The number of likely N-dealkylation sites (tertiary alicyclic amines) is 1. The third kappa shape index (κ3) is 4.56. The summed E-state index contributed by atoms with van der Waals surface area (Å²) in [6.45, 7) is 1.68. The lowest BCUT2D eigenvalue weighted by molar-refractivity contribution is -0.384. The van der Waals surface area contributed by atoms with Crippen molar-refractivity contribution in [2.24, 2.45) is 0 Å². The van der Waals surface area contributed by atoms with E-state index in [1.165, 1.54) is 12.1 Å². The molecule has 0 bridgehead atoms. The predicted molar refractivity (Wildman–Crippen MR) is 127 cm³/mol. The lowest BCUT2D eigenvalue weighted by atomic mass is 10.0. The standard InChI is InChI=1S/C22H24N4O4S2/c1-31-19-7-5-17(6-8-19)23-21(28)24-11-9-22(10-12-24)25(13-14-32-22)20(27)16-3-2-4-18(15-16)26(29)30/h2-8,15H,9-14H2,1H3,(H,23,28). The average Bonchev–Trinajstić information content (AvgIpc) is 3.22. The number of piperidine rings is 1. The number of nitro groups is 1. The summed E-state index contributed by atoms with van der Waals surface area (Å²) >= 11 is 3.39. The molecule has 168 valence electrons. The van der Waals surface area contributed by atoms with Gasteiger partial charge in [-0.2, -0.15) is 0 Å². The Bertz CT molecular complexity index is 1020. The number of nitrogens with one attached hydrogen (secondary N) is 1. The number of carbonyl (C=O) groups is 2. The quantitative estimate of drug-likeness (QED) is 0.399. The molecule has 0 saturated carbocycles. The molecular formula is C22H24N4O4S2. The minimum atomic E-state index is -0.489. The highest BCUT2D eigenvalue weighted by molar-refractivity contribution is 8.00. The molecule has 2 fully saturated rings. The second-order valence-corrected chi connectivity index (χ2v) is 10.0. The molecule has 2 aliphatic heterocycles. The number of amides is 3. The first-order chi connectivity index (χ1) is 15.4. The molecule has 0 unspecified atom stereocenters. The molecule has 4 rings (SSSR count). The SMILES string of the molecule is CSc1ccc(NC(=O)N2CCC3(CC2)SCCN3C(=O)c2cccc([N+](=O)[O-])c2)cc1. The summed E-state index contributed by atoms with van der Waals surface area (Å²) in [6, 6.07) is 13.5. The molecule has 32 heavy (non-hydrogen) atoms. The molecule has 0 radical (unpaired) electrons. The summed E-state index contributed by atoms with van der Waals surface area (Å²) < 4.78 is 0. The van der Waals surface area contributed by atoms with Gasteiger partial charge in [-0.25, -0.2) is 4.79 Å². The van der Waals surface area contributed by atoms with Crippen molar-refractivity contribution in [3.63, 3.8) is 0 Å². The lowest BCUT2D eigenvalue weighted by Gasteiger charge is -2.44. The van der Waals surface area contributed by atoms with Gasteiger partial charge in [0.2, 0.25) is 0 Å². The summed E-state index contributed by atoms with van der Waals surface area (Å²) in [5.41, 5.74) is 0.995. The normalized spacial score (nSPS) is 17.4. The number of carbonyl (C=O) groups excluding carboxylic acids is 2. The second kappa shape index (κ2) is 9.41. The second-order valence-electron chi connectivity index (χ2n) is 7.70. The van der Waals surface area contributed by atoms with Gasteiger partial charge in [0.15, 0.2) is 0 Å². The van der Waals surface area contributed by atoms with E-state index in [1.54, 1.807) is 40.6 Å². The first-order valence-corrected chi connectivity index (χ1v) is 12.5. The molecule has 2 aromatic rings. The molecular weight excluding hydrogens is 448 g/mol. The number of hydrogen-bond acceptors (Lipinski definition) is 6. The van der Waals surface area contributed by atoms with Crippen molar-refractivity contribution in [2.45, 2.75) is 22.6 Å². The molecule has 1 N–H and O–H groups in total. The van der Waals surface area contributed by atoms with Crippen LogP contribution < -0.4 is 5.32 Å². The summed E-state index contributed by atoms with van der Waals surface area (Å²) in [7, 11) is 0. The van der Waals surface area contributed by atoms with Crippen LogP contribution in [0, 0.1) is 10.1 Å². The van der Waals surface area contributed by atoms with Crippen molar-refractivity contribution in [3.8, 4) is 0 Å². The van der Waals surface area contributed by atoms with E-state index in [1.807, 2.05) is 35.4 Å². The van der Waals surface area contributed by atoms with E-state index in [0.717, 1.165) is 16.3 Å². The number of non-ortho nitro benzene ring substituents is 1. The Morgan fingerprint density at radius 3 is 2.50 bits per heavy atom. The zero-order valence-corrected chi connectivity index (χ0v) is 19.3. The molecule has 0 aliphatic carbocycles. The summed E-state index contributed by atoms with van der Waals surface area (Å²) in [4.78, 5) is 40.9. The number of nitro benzene ring substituents is 1. The number of urea groups is 1. The predicted octanol–water partition coefficient (Wildman–Crippen LogP) is 4.53. The van der Waals surface area contributed by atoms with Crippen LogP contribution >= 0.6 is 23.5 Å². The topological polar surface area (TPSA) is 95.8 Å². The van der Waals surface area contributed by atoms with Gasteiger partial charge in [0.05, 0.1) is 9.79 Å². The van der Waals surface area contributed by atoms with E-state index in [2.05, 4.69) is 5.32 Å². The minimum absolute atomic E-state index is 0.0891. The van der Waals surface area contributed by atoms with Crippen LogP contribution in [0.15, 0.2) is 53.4 Å². The van der Waals surface area contributed by atoms with Crippen molar-refractivity contribution < 1.29 is 14.5 Å². The van der Waals surface area contributed by atoms with Crippen LogP contribution in [0.5, 0.6) is 0 Å². The Hall–Kier alpha value is -2.72. The van der Waals surface area contributed by atoms with Crippen molar-refractivity contribution in [2.75, 3.05) is 37.0 Å². The highest BCUT2D eigenvalue weighted by atomic mass is 32.2. The van der Waals surface area contributed by atoms with Crippen LogP contribution in [0.3, 0.4) is 0 Å². The molecule has 2 saturated heterocycles. The summed E-state index contributed by atoms with van der Waals surface area (Å²) in [5, 5.41) is 14.0. The minimum Gasteiger partial charge on any atom is -0.324 e. The van der Waals surface area contributed by atoms with Gasteiger partial charge in [-0.1, -0.05) is 6.07 Å². The molecule has 10 heteroatoms. The maximum Gasteiger partial charge on any atom is 0.321 e. The average molecular weight is 473 g/mol. The number of thioether (sulfide) groups is 2. The van der Waals surface area contributed by atoms with E-state index in [-0.39, 0.29) is 22.5 Å². The molecule has 0 atom stereocenters. The zero-order valence-electron chi connectivity index (χ0n) is 17.7. The van der Waals surface area contributed by atoms with Crippen LogP contribution in [-0.2, 0) is 0 Å². The number of anilines is 1. The fraction of sp³-hybridized carbons (Fsp3) is 0.364. The van der Waals surface area contributed by atoms with E-state index in [4.69, 9.17) is 0 Å². The lowest BCUT2D eigenvalue weighted by Crippen LogP contribution is -2.54. The molecule has 1 spiro atoms. The zero-order chi connectivity index (χ0) is 22.7. The monoisotopic (exact) mass is 472 g/mol. The fourth-order valence-corrected chi connectivity index (χ4v) is 6.02. The molecule has 0 aromatic heterocycles. The van der Waals surface area contributed by atoms with Crippen LogP contribution in [0.2, 0.25) is 0 Å². The number of benzene rings is 2. The maximum absolute atomic E-state index is 13.2. The van der Waals surface area contributed by atoms with E-state index >= 15 is 0 Å². The van der Waals surface area contributed by atoms with E-state index in [0.29, 0.717) is 38.0 Å². The van der Waals surface area contributed by atoms with Gasteiger partial charge in [0.1, 0.15) is 0 Å². The van der Waals surface area contributed by atoms with Crippen molar-refractivity contribution in [3.05, 3.63) is 64.2 Å². The van der Waals surface area contributed by atoms with Gasteiger partial charge in [-0.3, -0.25) is 14.9 Å².